The van der Waals surface area contributed by atoms with Gasteiger partial charge >= 0.3 is 0 Å². The molecule has 1 heterocycles. The van der Waals surface area contributed by atoms with Gasteiger partial charge in [0.1, 0.15) is 0 Å². The van der Waals surface area contributed by atoms with Gasteiger partial charge in [-0.05, 0) is 42.2 Å². The lowest BCUT2D eigenvalue weighted by Gasteiger charge is -2.43. The van der Waals surface area contributed by atoms with Crippen LogP contribution in [0.5, 0.6) is 0 Å². The summed E-state index contributed by atoms with van der Waals surface area (Å²) < 4.78 is 0. The number of nitrogens with zero attached hydrogens (tertiary/aromatic N) is 1. The summed E-state index contributed by atoms with van der Waals surface area (Å²) in [5, 5.41) is 0. The summed E-state index contributed by atoms with van der Waals surface area (Å²) in [4.78, 5) is 15.1. The second-order valence-corrected chi connectivity index (χ2v) is 8.21. The van der Waals surface area contributed by atoms with Crippen molar-refractivity contribution >= 4 is 18.3 Å². The van der Waals surface area contributed by atoms with Crippen LogP contribution in [0.4, 0.5) is 0 Å². The number of carbonyl (C=O) groups excluding carboxylic acids is 1. The highest BCUT2D eigenvalue weighted by molar-refractivity contribution is 5.85. The Kier molecular flexibility index (Phi) is 4.01. The number of nitrogens with two attached hydrogens (primary N) is 1. The number of rotatable bonds is 1. The lowest BCUT2D eigenvalue weighted by Crippen LogP contribution is -2.54. The molecule has 1 aromatic rings. The Morgan fingerprint density at radius 2 is 2.04 bits per heavy atom. The number of carbonyl (C=O) groups is 1. The Balaban J connectivity index is 0.00000156. The number of amides is 1. The molecule has 0 aromatic heterocycles. The fourth-order valence-electron chi connectivity index (χ4n) is 4.70. The molecule has 0 radical (unpaired) electrons. The van der Waals surface area contributed by atoms with Crippen LogP contribution in [-0.4, -0.2) is 29.9 Å². The van der Waals surface area contributed by atoms with Crippen LogP contribution in [0.15, 0.2) is 24.3 Å². The maximum absolute atomic E-state index is 13.0. The van der Waals surface area contributed by atoms with E-state index < -0.39 is 0 Å². The summed E-state index contributed by atoms with van der Waals surface area (Å²) in [5.74, 6) is 0.581. The summed E-state index contributed by atoms with van der Waals surface area (Å²) in [6.07, 6.45) is 4.26. The lowest BCUT2D eigenvalue weighted by atomic mass is 9.79. The van der Waals surface area contributed by atoms with Gasteiger partial charge in [0.2, 0.25) is 5.91 Å². The molecule has 126 valence electrons. The van der Waals surface area contributed by atoms with Crippen LogP contribution >= 0.6 is 12.4 Å². The molecule has 1 saturated heterocycles. The zero-order chi connectivity index (χ0) is 15.5. The van der Waals surface area contributed by atoms with Gasteiger partial charge in [0, 0.05) is 30.5 Å². The Morgan fingerprint density at radius 3 is 2.78 bits per heavy atom. The second-order valence-electron chi connectivity index (χ2n) is 8.21. The van der Waals surface area contributed by atoms with E-state index in [1.54, 1.807) is 0 Å². The number of hydrogen-bond acceptors (Lipinski definition) is 2. The minimum atomic E-state index is 0. The van der Waals surface area contributed by atoms with Crippen molar-refractivity contribution < 1.29 is 4.79 Å². The van der Waals surface area contributed by atoms with Crippen molar-refractivity contribution in [2.24, 2.45) is 17.1 Å². The predicted molar refractivity (Wildman–Crippen MR) is 94.7 cm³/mol. The molecule has 2 fully saturated rings. The maximum atomic E-state index is 13.0. The molecule has 1 aliphatic heterocycles. The zero-order valence-electron chi connectivity index (χ0n) is 14.0. The van der Waals surface area contributed by atoms with Gasteiger partial charge < -0.3 is 10.6 Å². The SMILES string of the molecule is CC1(C)CN(C(=O)C2CC23CCc2ccccc23)CCC1N.Cl. The van der Waals surface area contributed by atoms with E-state index in [0.29, 0.717) is 5.91 Å². The molecule has 4 rings (SSSR count). The first-order chi connectivity index (χ1) is 10.4. The standard InChI is InChI=1S/C19H26N2O.ClH/c1-18(2)12-21(10-8-16(18)20)17(22)15-11-19(15)9-7-13-5-3-4-6-14(13)19;/h3-6,15-16H,7-12,20H2,1-2H3;1H. The van der Waals surface area contributed by atoms with E-state index in [1.807, 2.05) is 0 Å². The topological polar surface area (TPSA) is 46.3 Å². The Labute approximate surface area is 145 Å². The molecule has 2 N–H and O–H groups in total. The highest BCUT2D eigenvalue weighted by Gasteiger charge is 2.62. The zero-order valence-corrected chi connectivity index (χ0v) is 14.9. The minimum Gasteiger partial charge on any atom is -0.342 e. The summed E-state index contributed by atoms with van der Waals surface area (Å²) >= 11 is 0. The average Bonchev–Trinajstić information content (AvgIpc) is 3.11. The first kappa shape index (κ1) is 16.8. The van der Waals surface area contributed by atoms with Gasteiger partial charge in [-0.15, -0.1) is 12.4 Å². The highest BCUT2D eigenvalue weighted by Crippen LogP contribution is 2.62. The molecule has 23 heavy (non-hydrogen) atoms. The lowest BCUT2D eigenvalue weighted by molar-refractivity contribution is -0.136. The van der Waals surface area contributed by atoms with Gasteiger partial charge in [-0.1, -0.05) is 38.1 Å². The number of halogens is 1. The Bertz CT molecular complexity index is 630. The molecule has 0 bridgehead atoms. The van der Waals surface area contributed by atoms with E-state index in [9.17, 15) is 4.79 Å². The monoisotopic (exact) mass is 334 g/mol. The molecular formula is C19H27ClN2O. The summed E-state index contributed by atoms with van der Waals surface area (Å²) in [7, 11) is 0. The average molecular weight is 335 g/mol. The van der Waals surface area contributed by atoms with Gasteiger partial charge in [0.05, 0.1) is 0 Å². The van der Waals surface area contributed by atoms with E-state index in [2.05, 4.69) is 43.0 Å². The van der Waals surface area contributed by atoms with Crippen LogP contribution in [0.1, 0.15) is 44.2 Å². The van der Waals surface area contributed by atoms with Crippen molar-refractivity contribution in [3.8, 4) is 0 Å². The highest BCUT2D eigenvalue weighted by atomic mass is 35.5. The van der Waals surface area contributed by atoms with Crippen molar-refractivity contribution in [3.05, 3.63) is 35.4 Å². The van der Waals surface area contributed by atoms with Crippen molar-refractivity contribution in [2.45, 2.75) is 51.0 Å². The van der Waals surface area contributed by atoms with Gasteiger partial charge in [-0.2, -0.15) is 0 Å². The van der Waals surface area contributed by atoms with Gasteiger partial charge in [-0.25, -0.2) is 0 Å². The van der Waals surface area contributed by atoms with Crippen LogP contribution in [0, 0.1) is 11.3 Å². The Morgan fingerprint density at radius 1 is 1.30 bits per heavy atom. The van der Waals surface area contributed by atoms with Crippen LogP contribution < -0.4 is 5.73 Å². The molecule has 3 nitrogen and oxygen atoms in total. The first-order valence-electron chi connectivity index (χ1n) is 8.57. The molecule has 3 atom stereocenters. The number of hydrogen-bond donors (Lipinski definition) is 1. The quantitative estimate of drug-likeness (QED) is 0.858. The number of piperidine rings is 1. The number of benzene rings is 1. The van der Waals surface area contributed by atoms with Crippen LogP contribution in [0.2, 0.25) is 0 Å². The van der Waals surface area contributed by atoms with E-state index >= 15 is 0 Å². The molecule has 1 saturated carbocycles. The number of aryl methyl sites for hydroxylation is 1. The third-order valence-electron chi connectivity index (χ3n) is 6.39. The van der Waals surface area contributed by atoms with Crippen molar-refractivity contribution in [1.82, 2.24) is 4.90 Å². The van der Waals surface area contributed by atoms with Crippen LogP contribution in [0.25, 0.3) is 0 Å². The molecule has 4 heteroatoms. The molecule has 1 aromatic carbocycles. The molecule has 2 aliphatic carbocycles. The van der Waals surface area contributed by atoms with E-state index in [1.165, 1.54) is 11.1 Å². The molecule has 1 amide bonds. The van der Waals surface area contributed by atoms with Crippen molar-refractivity contribution in [2.75, 3.05) is 13.1 Å². The summed E-state index contributed by atoms with van der Waals surface area (Å²) in [6, 6.07) is 8.91. The third-order valence-corrected chi connectivity index (χ3v) is 6.39. The molecule has 3 aliphatic rings. The number of likely N-dealkylation sites (tertiary alicyclic amines) is 1. The fourth-order valence-corrected chi connectivity index (χ4v) is 4.70. The second kappa shape index (κ2) is 5.49. The van der Waals surface area contributed by atoms with E-state index in [0.717, 1.165) is 38.8 Å². The van der Waals surface area contributed by atoms with E-state index in [-0.39, 0.29) is 35.2 Å². The van der Waals surface area contributed by atoms with Gasteiger partial charge in [-0.3, -0.25) is 4.79 Å². The normalized spacial score (nSPS) is 34.0. The summed E-state index contributed by atoms with van der Waals surface area (Å²) in [6.45, 7) is 6.01. The largest absolute Gasteiger partial charge is 0.342 e. The van der Waals surface area contributed by atoms with Crippen LogP contribution in [-0.2, 0) is 16.6 Å². The first-order valence-corrected chi connectivity index (χ1v) is 8.57. The predicted octanol–water partition coefficient (Wildman–Crippen LogP) is 2.90. The molecule has 1 spiro atoms. The van der Waals surface area contributed by atoms with Gasteiger partial charge in [0.15, 0.2) is 0 Å². The summed E-state index contributed by atoms with van der Waals surface area (Å²) in [5.41, 5.74) is 9.31. The fraction of sp³-hybridized carbons (Fsp3) is 0.632. The Hall–Kier alpha value is -1.06. The number of fused-ring (bicyclic) bond motifs is 2. The van der Waals surface area contributed by atoms with Gasteiger partial charge in [0.25, 0.3) is 0 Å². The van der Waals surface area contributed by atoms with E-state index in [4.69, 9.17) is 5.73 Å². The smallest absolute Gasteiger partial charge is 0.226 e. The van der Waals surface area contributed by atoms with Crippen molar-refractivity contribution in [1.29, 1.82) is 0 Å². The maximum Gasteiger partial charge on any atom is 0.226 e. The minimum absolute atomic E-state index is 0. The molecular weight excluding hydrogens is 308 g/mol. The third kappa shape index (κ3) is 2.49. The van der Waals surface area contributed by atoms with Crippen molar-refractivity contribution in [3.63, 3.8) is 0 Å². The van der Waals surface area contributed by atoms with Crippen LogP contribution in [0.3, 0.4) is 0 Å². The molecule has 3 unspecified atom stereocenters.